The molecule has 0 amide bonds. The Hall–Kier alpha value is -1.22. The number of aromatic hydroxyl groups is 2. The van der Waals surface area contributed by atoms with Gasteiger partial charge in [-0.2, -0.15) is 0 Å². The summed E-state index contributed by atoms with van der Waals surface area (Å²) in [4.78, 5) is 0. The molecule has 108 valence electrons. The van der Waals surface area contributed by atoms with E-state index in [1.54, 1.807) is 6.07 Å². The molecule has 4 saturated carbocycles. The molecule has 4 aliphatic rings. The Bertz CT molecular complexity index is 486. The summed E-state index contributed by atoms with van der Waals surface area (Å²) in [7, 11) is 0. The zero-order valence-corrected chi connectivity index (χ0v) is 11.8. The van der Waals surface area contributed by atoms with Gasteiger partial charge in [-0.25, -0.2) is 0 Å². The molecule has 3 nitrogen and oxygen atoms in total. The monoisotopic (exact) mass is 273 g/mol. The van der Waals surface area contributed by atoms with Gasteiger partial charge in [0, 0.05) is 24.2 Å². The minimum absolute atomic E-state index is 0.126. The molecule has 0 atom stereocenters. The lowest BCUT2D eigenvalue weighted by Crippen LogP contribution is -2.54. The first-order valence-electron chi connectivity index (χ1n) is 7.93. The van der Waals surface area contributed by atoms with Crippen LogP contribution < -0.4 is 5.32 Å². The molecule has 1 aromatic rings. The van der Waals surface area contributed by atoms with Gasteiger partial charge < -0.3 is 15.5 Å². The van der Waals surface area contributed by atoms with Crippen molar-refractivity contribution in [2.45, 2.75) is 44.7 Å². The van der Waals surface area contributed by atoms with Gasteiger partial charge in [0.25, 0.3) is 0 Å². The van der Waals surface area contributed by atoms with Gasteiger partial charge in [-0.3, -0.25) is 0 Å². The van der Waals surface area contributed by atoms with E-state index >= 15 is 0 Å². The molecule has 4 fully saturated rings. The van der Waals surface area contributed by atoms with Gasteiger partial charge in [-0.15, -0.1) is 0 Å². The van der Waals surface area contributed by atoms with E-state index in [2.05, 4.69) is 5.32 Å². The van der Waals surface area contributed by atoms with Crippen LogP contribution in [0.3, 0.4) is 0 Å². The van der Waals surface area contributed by atoms with E-state index in [0.717, 1.165) is 29.2 Å². The third-order valence-corrected chi connectivity index (χ3v) is 5.82. The van der Waals surface area contributed by atoms with E-state index in [0.29, 0.717) is 12.6 Å². The van der Waals surface area contributed by atoms with Crippen LogP contribution in [0.15, 0.2) is 18.2 Å². The number of phenolic OH excluding ortho intramolecular Hbond substituents is 2. The van der Waals surface area contributed by atoms with Crippen LogP contribution in [0, 0.1) is 23.7 Å². The van der Waals surface area contributed by atoms with Crippen molar-refractivity contribution in [1.29, 1.82) is 0 Å². The van der Waals surface area contributed by atoms with Crippen molar-refractivity contribution in [2.24, 2.45) is 23.7 Å². The molecule has 0 saturated heterocycles. The third-order valence-electron chi connectivity index (χ3n) is 5.82. The van der Waals surface area contributed by atoms with Crippen molar-refractivity contribution in [3.8, 4) is 11.5 Å². The van der Waals surface area contributed by atoms with Gasteiger partial charge in [-0.1, -0.05) is 6.07 Å². The summed E-state index contributed by atoms with van der Waals surface area (Å²) in [5, 5.41) is 22.9. The molecule has 5 rings (SSSR count). The topological polar surface area (TPSA) is 52.5 Å². The van der Waals surface area contributed by atoms with Crippen LogP contribution in [0.2, 0.25) is 0 Å². The number of phenols is 2. The first-order chi connectivity index (χ1) is 9.69. The summed E-state index contributed by atoms with van der Waals surface area (Å²) in [5.74, 6) is 4.02. The summed E-state index contributed by atoms with van der Waals surface area (Å²) in [5.41, 5.74) is 0.886. The SMILES string of the molecule is Oc1ccc(CNC2C3CC4CC(C3)CC2C4)c(O)c1. The van der Waals surface area contributed by atoms with Gasteiger partial charge >= 0.3 is 0 Å². The van der Waals surface area contributed by atoms with E-state index in [1.807, 2.05) is 6.07 Å². The maximum atomic E-state index is 9.87. The zero-order chi connectivity index (χ0) is 13.7. The van der Waals surface area contributed by atoms with Crippen LogP contribution in [0.25, 0.3) is 0 Å². The Morgan fingerprint density at radius 2 is 1.60 bits per heavy atom. The predicted molar refractivity (Wildman–Crippen MR) is 77.4 cm³/mol. The van der Waals surface area contributed by atoms with E-state index in [1.165, 1.54) is 38.2 Å². The normalized spacial score (nSPS) is 38.3. The lowest BCUT2D eigenvalue weighted by Gasteiger charge is -2.54. The lowest BCUT2D eigenvalue weighted by molar-refractivity contribution is -0.0143. The van der Waals surface area contributed by atoms with Crippen LogP contribution in [0.1, 0.15) is 37.7 Å². The molecular formula is C17H23NO2. The van der Waals surface area contributed by atoms with E-state index in [9.17, 15) is 10.2 Å². The van der Waals surface area contributed by atoms with Gasteiger partial charge in [0.15, 0.2) is 0 Å². The van der Waals surface area contributed by atoms with Crippen molar-refractivity contribution in [3.05, 3.63) is 23.8 Å². The fourth-order valence-corrected chi connectivity index (χ4v) is 5.19. The molecule has 1 aromatic carbocycles. The Kier molecular flexibility index (Phi) is 2.92. The Balaban J connectivity index is 1.44. The molecule has 20 heavy (non-hydrogen) atoms. The molecular weight excluding hydrogens is 250 g/mol. The average molecular weight is 273 g/mol. The van der Waals surface area contributed by atoms with Gasteiger partial charge in [-0.05, 0) is 61.8 Å². The fraction of sp³-hybridized carbons (Fsp3) is 0.647. The summed E-state index contributed by atoms with van der Waals surface area (Å²) in [6.07, 6.45) is 7.12. The first kappa shape index (κ1) is 12.5. The highest BCUT2D eigenvalue weighted by atomic mass is 16.3. The average Bonchev–Trinajstić information content (AvgIpc) is 2.39. The van der Waals surface area contributed by atoms with Gasteiger partial charge in [0.05, 0.1) is 0 Å². The van der Waals surface area contributed by atoms with E-state index in [4.69, 9.17) is 0 Å². The van der Waals surface area contributed by atoms with Crippen LogP contribution in [-0.2, 0) is 6.54 Å². The summed E-state index contributed by atoms with van der Waals surface area (Å²) in [6.45, 7) is 0.707. The quantitative estimate of drug-likeness (QED) is 0.793. The van der Waals surface area contributed by atoms with Crippen molar-refractivity contribution in [2.75, 3.05) is 0 Å². The van der Waals surface area contributed by atoms with Crippen molar-refractivity contribution in [1.82, 2.24) is 5.32 Å². The second kappa shape index (κ2) is 4.66. The molecule has 0 aliphatic heterocycles. The molecule has 4 bridgehead atoms. The van der Waals surface area contributed by atoms with Crippen LogP contribution >= 0.6 is 0 Å². The number of nitrogens with one attached hydrogen (secondary N) is 1. The highest BCUT2D eigenvalue weighted by Crippen LogP contribution is 2.53. The molecule has 0 aromatic heterocycles. The maximum Gasteiger partial charge on any atom is 0.123 e. The third kappa shape index (κ3) is 2.08. The van der Waals surface area contributed by atoms with Crippen LogP contribution in [0.4, 0.5) is 0 Å². The molecule has 0 unspecified atom stereocenters. The highest BCUT2D eigenvalue weighted by molar-refractivity contribution is 5.38. The minimum atomic E-state index is 0.126. The lowest BCUT2D eigenvalue weighted by atomic mass is 9.54. The molecule has 3 N–H and O–H groups in total. The molecule has 0 spiro atoms. The summed E-state index contributed by atoms with van der Waals surface area (Å²) < 4.78 is 0. The van der Waals surface area contributed by atoms with Gasteiger partial charge in [0.2, 0.25) is 0 Å². The molecule has 4 aliphatic carbocycles. The van der Waals surface area contributed by atoms with E-state index < -0.39 is 0 Å². The van der Waals surface area contributed by atoms with Crippen LogP contribution in [-0.4, -0.2) is 16.3 Å². The van der Waals surface area contributed by atoms with Crippen molar-refractivity contribution < 1.29 is 10.2 Å². The number of rotatable bonds is 3. The maximum absolute atomic E-state index is 9.87. The molecule has 0 heterocycles. The van der Waals surface area contributed by atoms with Crippen LogP contribution in [0.5, 0.6) is 11.5 Å². The number of benzene rings is 1. The minimum Gasteiger partial charge on any atom is -0.508 e. The molecule has 3 heteroatoms. The predicted octanol–water partition coefficient (Wildman–Crippen LogP) is 3.01. The highest BCUT2D eigenvalue weighted by Gasteiger charge is 2.47. The summed E-state index contributed by atoms with van der Waals surface area (Å²) >= 11 is 0. The second-order valence-electron chi connectivity index (χ2n) is 7.15. The van der Waals surface area contributed by atoms with Crippen molar-refractivity contribution in [3.63, 3.8) is 0 Å². The van der Waals surface area contributed by atoms with Gasteiger partial charge in [0.1, 0.15) is 11.5 Å². The Labute approximate surface area is 120 Å². The number of hydrogen-bond donors (Lipinski definition) is 3. The summed E-state index contributed by atoms with van der Waals surface area (Å²) in [6, 6.07) is 5.52. The Morgan fingerprint density at radius 1 is 0.950 bits per heavy atom. The number of hydrogen-bond acceptors (Lipinski definition) is 3. The zero-order valence-electron chi connectivity index (χ0n) is 11.8. The van der Waals surface area contributed by atoms with Crippen molar-refractivity contribution >= 4 is 0 Å². The molecule has 0 radical (unpaired) electrons. The Morgan fingerprint density at radius 3 is 2.20 bits per heavy atom. The fourth-order valence-electron chi connectivity index (χ4n) is 5.19. The first-order valence-corrected chi connectivity index (χ1v) is 7.93. The standard InChI is InChI=1S/C17H23NO2/c19-15-2-1-12(16(20)8-15)9-18-17-13-4-10-3-11(6-13)7-14(17)5-10/h1-2,8,10-11,13-14,17-20H,3-7,9H2. The smallest absolute Gasteiger partial charge is 0.123 e. The largest absolute Gasteiger partial charge is 0.508 e. The second-order valence-corrected chi connectivity index (χ2v) is 7.15. The van der Waals surface area contributed by atoms with E-state index in [-0.39, 0.29) is 11.5 Å².